The summed E-state index contributed by atoms with van der Waals surface area (Å²) >= 11 is 1.59. The molecule has 1 N–H and O–H groups in total. The Kier molecular flexibility index (Phi) is 2.97. The number of pyridine rings is 1. The average molecular weight is 287 g/mol. The fourth-order valence-corrected chi connectivity index (χ4v) is 4.30. The van der Waals surface area contributed by atoms with Crippen LogP contribution in [0, 0.1) is 5.92 Å². The largest absolute Gasteiger partial charge is 0.346 e. The topological polar surface area (TPSA) is 45.2 Å². The number of carbonyl (C=O) groups is 1. The molecule has 20 heavy (non-hydrogen) atoms. The lowest BCUT2D eigenvalue weighted by molar-refractivity contribution is 0.0619. The molecule has 0 aliphatic carbocycles. The van der Waals surface area contributed by atoms with Crippen LogP contribution in [-0.4, -0.2) is 41.5 Å². The molecule has 0 radical (unpaired) electrons. The molecule has 4 nitrogen and oxygen atoms in total. The number of rotatable bonds is 2. The highest BCUT2D eigenvalue weighted by Gasteiger charge is 2.35. The molecule has 0 aromatic carbocycles. The molecule has 0 unspecified atom stereocenters. The van der Waals surface area contributed by atoms with Crippen molar-refractivity contribution in [2.24, 2.45) is 5.92 Å². The first-order valence-electron chi connectivity index (χ1n) is 7.17. The van der Waals surface area contributed by atoms with Crippen molar-refractivity contribution >= 4 is 27.3 Å². The van der Waals surface area contributed by atoms with Crippen LogP contribution in [0.15, 0.2) is 23.7 Å². The van der Waals surface area contributed by atoms with E-state index in [0.29, 0.717) is 17.7 Å². The van der Waals surface area contributed by atoms with Crippen molar-refractivity contribution in [2.75, 3.05) is 19.6 Å². The molecule has 3 aliphatic rings. The quantitative estimate of drug-likeness (QED) is 0.920. The van der Waals surface area contributed by atoms with Crippen molar-refractivity contribution in [1.82, 2.24) is 15.2 Å². The molecule has 5 rings (SSSR count). The molecule has 5 heteroatoms. The Morgan fingerprint density at radius 2 is 2.20 bits per heavy atom. The Balaban J connectivity index is 1.57. The van der Waals surface area contributed by atoms with Crippen LogP contribution in [0.2, 0.25) is 0 Å². The lowest BCUT2D eigenvalue weighted by atomic mass is 9.84. The van der Waals surface area contributed by atoms with Gasteiger partial charge in [-0.25, -0.2) is 4.98 Å². The molecule has 3 saturated heterocycles. The molecule has 2 bridgehead atoms. The van der Waals surface area contributed by atoms with E-state index < -0.39 is 0 Å². The van der Waals surface area contributed by atoms with E-state index in [2.05, 4.69) is 15.2 Å². The van der Waals surface area contributed by atoms with Crippen molar-refractivity contribution in [1.29, 1.82) is 0 Å². The Morgan fingerprint density at radius 1 is 1.35 bits per heavy atom. The summed E-state index contributed by atoms with van der Waals surface area (Å²) in [5.41, 5.74) is 0.578. The van der Waals surface area contributed by atoms with E-state index in [1.54, 1.807) is 17.5 Å². The average Bonchev–Trinajstić information content (AvgIpc) is 2.96. The summed E-state index contributed by atoms with van der Waals surface area (Å²) in [6, 6.07) is 4.28. The van der Waals surface area contributed by atoms with Gasteiger partial charge >= 0.3 is 0 Å². The standard InChI is InChI=1S/C15H17N3OS/c19-15(13-14-11(1-5-16-13)4-8-20-14)17-12-9-18-6-2-10(12)3-7-18/h1,4-5,8,10,12H,2-3,6-7,9H2,(H,17,19)/t12-/m0/s1. The van der Waals surface area contributed by atoms with Crippen LogP contribution >= 0.6 is 11.3 Å². The number of carbonyl (C=O) groups excluding carboxylic acids is 1. The normalized spacial score (nSPS) is 28.7. The first-order chi connectivity index (χ1) is 9.81. The maximum Gasteiger partial charge on any atom is 0.271 e. The van der Waals surface area contributed by atoms with Gasteiger partial charge in [0.2, 0.25) is 0 Å². The summed E-state index contributed by atoms with van der Waals surface area (Å²) in [5.74, 6) is 0.628. The molecule has 3 fully saturated rings. The van der Waals surface area contributed by atoms with Gasteiger partial charge in [0.1, 0.15) is 5.69 Å². The maximum absolute atomic E-state index is 12.5. The maximum atomic E-state index is 12.5. The summed E-state index contributed by atoms with van der Waals surface area (Å²) in [6.07, 6.45) is 4.14. The van der Waals surface area contributed by atoms with E-state index in [-0.39, 0.29) is 5.91 Å². The van der Waals surface area contributed by atoms with Gasteiger partial charge in [0.15, 0.2) is 0 Å². The number of thiophene rings is 1. The smallest absolute Gasteiger partial charge is 0.271 e. The monoisotopic (exact) mass is 287 g/mol. The number of piperidine rings is 3. The molecule has 0 saturated carbocycles. The van der Waals surface area contributed by atoms with Crippen molar-refractivity contribution in [3.05, 3.63) is 29.4 Å². The third-order valence-corrected chi connectivity index (χ3v) is 5.49. The van der Waals surface area contributed by atoms with Crippen molar-refractivity contribution < 1.29 is 4.79 Å². The molecular formula is C15H17N3OS. The van der Waals surface area contributed by atoms with E-state index in [1.807, 2.05) is 17.5 Å². The predicted molar refractivity (Wildman–Crippen MR) is 80.0 cm³/mol. The van der Waals surface area contributed by atoms with Crippen LogP contribution in [-0.2, 0) is 0 Å². The number of hydrogen-bond donors (Lipinski definition) is 1. The van der Waals surface area contributed by atoms with Gasteiger partial charge in [-0.1, -0.05) is 0 Å². The van der Waals surface area contributed by atoms with E-state index in [1.165, 1.54) is 25.9 Å². The minimum absolute atomic E-state index is 0.0169. The third kappa shape index (κ3) is 2.01. The molecule has 2 aromatic heterocycles. The highest BCUT2D eigenvalue weighted by molar-refractivity contribution is 7.17. The predicted octanol–water partition coefficient (Wildman–Crippen LogP) is 2.12. The van der Waals surface area contributed by atoms with Gasteiger partial charge in [0.05, 0.1) is 4.70 Å². The van der Waals surface area contributed by atoms with E-state index in [4.69, 9.17) is 0 Å². The van der Waals surface area contributed by atoms with Crippen molar-refractivity contribution in [3.63, 3.8) is 0 Å². The SMILES string of the molecule is O=C(N[C@H]1CN2CCC1CC2)c1nccc2ccsc12. The molecule has 104 valence electrons. The van der Waals surface area contributed by atoms with E-state index in [9.17, 15) is 4.79 Å². The lowest BCUT2D eigenvalue weighted by Gasteiger charge is -2.44. The summed E-state index contributed by atoms with van der Waals surface area (Å²) in [4.78, 5) is 19.3. The number of nitrogens with one attached hydrogen (secondary N) is 1. The van der Waals surface area contributed by atoms with E-state index >= 15 is 0 Å². The van der Waals surface area contributed by atoms with E-state index in [0.717, 1.165) is 16.6 Å². The molecule has 3 aliphatic heterocycles. The van der Waals surface area contributed by atoms with Crippen molar-refractivity contribution in [3.8, 4) is 0 Å². The van der Waals surface area contributed by atoms with Crippen LogP contribution in [0.3, 0.4) is 0 Å². The zero-order chi connectivity index (χ0) is 13.5. The Bertz CT molecular complexity index is 645. The highest BCUT2D eigenvalue weighted by atomic mass is 32.1. The number of fused-ring (bicyclic) bond motifs is 4. The third-order valence-electron chi connectivity index (χ3n) is 4.56. The van der Waals surface area contributed by atoms with Crippen LogP contribution in [0.25, 0.3) is 10.1 Å². The van der Waals surface area contributed by atoms with Gasteiger partial charge < -0.3 is 10.2 Å². The van der Waals surface area contributed by atoms with Gasteiger partial charge in [-0.2, -0.15) is 0 Å². The highest BCUT2D eigenvalue weighted by Crippen LogP contribution is 2.28. The van der Waals surface area contributed by atoms with Gasteiger partial charge in [-0.15, -0.1) is 11.3 Å². The van der Waals surface area contributed by atoms with Gasteiger partial charge in [-0.05, 0) is 54.7 Å². The summed E-state index contributed by atoms with van der Waals surface area (Å²) in [7, 11) is 0. The first kappa shape index (κ1) is 12.3. The van der Waals surface area contributed by atoms with Crippen LogP contribution < -0.4 is 5.32 Å². The van der Waals surface area contributed by atoms with Crippen LogP contribution in [0.5, 0.6) is 0 Å². The summed E-state index contributed by atoms with van der Waals surface area (Å²) in [5, 5.41) is 6.32. The molecule has 5 heterocycles. The number of amides is 1. The van der Waals surface area contributed by atoms with Crippen molar-refractivity contribution in [2.45, 2.75) is 18.9 Å². The second-order valence-electron chi connectivity index (χ2n) is 5.72. The van der Waals surface area contributed by atoms with Crippen LogP contribution in [0.1, 0.15) is 23.3 Å². The number of nitrogens with zero attached hydrogens (tertiary/aromatic N) is 2. The fourth-order valence-electron chi connectivity index (χ4n) is 3.42. The molecule has 1 atom stereocenters. The summed E-state index contributed by atoms with van der Waals surface area (Å²) in [6.45, 7) is 3.38. The van der Waals surface area contributed by atoms with Gasteiger partial charge in [0.25, 0.3) is 5.91 Å². The Hall–Kier alpha value is -1.46. The lowest BCUT2D eigenvalue weighted by Crippen LogP contribution is -2.57. The number of hydrogen-bond acceptors (Lipinski definition) is 4. The Labute approximate surface area is 121 Å². The molecular weight excluding hydrogens is 270 g/mol. The minimum Gasteiger partial charge on any atom is -0.346 e. The molecule has 2 aromatic rings. The van der Waals surface area contributed by atoms with Gasteiger partial charge in [-0.3, -0.25) is 4.79 Å². The first-order valence-corrected chi connectivity index (χ1v) is 8.04. The Morgan fingerprint density at radius 3 is 2.95 bits per heavy atom. The van der Waals surface area contributed by atoms with Gasteiger partial charge in [0, 0.05) is 18.8 Å². The fraction of sp³-hybridized carbons (Fsp3) is 0.467. The zero-order valence-electron chi connectivity index (χ0n) is 11.2. The summed E-state index contributed by atoms with van der Waals surface area (Å²) < 4.78 is 0.992. The minimum atomic E-state index is -0.0169. The second kappa shape index (κ2) is 4.82. The number of aromatic nitrogens is 1. The van der Waals surface area contributed by atoms with Crippen LogP contribution in [0.4, 0.5) is 0 Å². The molecule has 1 amide bonds. The second-order valence-corrected chi connectivity index (χ2v) is 6.63. The zero-order valence-corrected chi connectivity index (χ0v) is 12.0. The molecule has 0 spiro atoms.